The Morgan fingerprint density at radius 2 is 1.56 bits per heavy atom. The zero-order valence-electron chi connectivity index (χ0n) is 15.3. The topological polar surface area (TPSA) is 50.9 Å². The van der Waals surface area contributed by atoms with Crippen molar-refractivity contribution in [1.29, 1.82) is 0 Å². The first kappa shape index (κ1) is 17.7. The average molecular weight is 358 g/mol. The minimum atomic E-state index is -0.100. The van der Waals surface area contributed by atoms with Gasteiger partial charge in [-0.05, 0) is 47.1 Å². The van der Waals surface area contributed by atoms with Gasteiger partial charge in [0.2, 0.25) is 0 Å². The molecule has 0 aliphatic carbocycles. The van der Waals surface area contributed by atoms with Gasteiger partial charge in [-0.1, -0.05) is 58.4 Å². The Morgan fingerprint density at radius 1 is 1.00 bits per heavy atom. The number of rotatable bonds is 3. The maximum atomic E-state index is 10.5. The number of benzene rings is 2. The van der Waals surface area contributed by atoms with Crippen LogP contribution in [0.2, 0.25) is 5.02 Å². The summed E-state index contributed by atoms with van der Waals surface area (Å²) in [5.74, 6) is -0.00252. The molecule has 0 bridgehead atoms. The third-order valence-electron chi connectivity index (χ3n) is 4.30. The van der Waals surface area contributed by atoms with Gasteiger partial charge < -0.3 is 5.11 Å². The van der Waals surface area contributed by atoms with Gasteiger partial charge in [-0.3, -0.25) is 0 Å². The van der Waals surface area contributed by atoms with E-state index in [2.05, 4.69) is 44.8 Å². The van der Waals surface area contributed by atoms with Crippen molar-refractivity contribution in [3.8, 4) is 11.4 Å². The average Bonchev–Trinajstić information content (AvgIpc) is 2.90. The quantitative estimate of drug-likeness (QED) is 0.673. The van der Waals surface area contributed by atoms with E-state index >= 15 is 0 Å². The Morgan fingerprint density at radius 3 is 2.08 bits per heavy atom. The molecule has 1 N–H and O–H groups in total. The Hall–Kier alpha value is -2.07. The van der Waals surface area contributed by atoms with Gasteiger partial charge in [0.15, 0.2) is 5.75 Å². The van der Waals surface area contributed by atoms with Crippen molar-refractivity contribution in [3.05, 3.63) is 47.0 Å². The molecule has 0 atom stereocenters. The highest BCUT2D eigenvalue weighted by atomic mass is 35.5. The molecule has 2 aromatic carbocycles. The van der Waals surface area contributed by atoms with Gasteiger partial charge >= 0.3 is 0 Å². The van der Waals surface area contributed by atoms with Gasteiger partial charge in [-0.2, -0.15) is 0 Å². The molecule has 0 spiro atoms. The van der Waals surface area contributed by atoms with Crippen LogP contribution in [-0.4, -0.2) is 20.1 Å². The zero-order valence-corrected chi connectivity index (χ0v) is 16.1. The number of hydrogen-bond acceptors (Lipinski definition) is 3. The van der Waals surface area contributed by atoms with Gasteiger partial charge in [0, 0.05) is 0 Å². The number of nitrogens with zero attached hydrogens (tertiary/aromatic N) is 3. The van der Waals surface area contributed by atoms with Crippen LogP contribution in [0, 0.1) is 5.41 Å². The normalized spacial score (nSPS) is 12.7. The van der Waals surface area contributed by atoms with Crippen LogP contribution in [0.4, 0.5) is 0 Å². The maximum Gasteiger partial charge on any atom is 0.161 e. The molecule has 4 nitrogen and oxygen atoms in total. The van der Waals surface area contributed by atoms with E-state index in [1.54, 1.807) is 0 Å². The molecule has 0 amide bonds. The van der Waals surface area contributed by atoms with E-state index in [9.17, 15) is 5.11 Å². The van der Waals surface area contributed by atoms with Crippen molar-refractivity contribution in [2.24, 2.45) is 5.41 Å². The number of phenolic OH excluding ortho intramolecular Hbond substituents is 1. The Balaban J connectivity index is 2.13. The lowest BCUT2D eigenvalue weighted by Crippen LogP contribution is -2.25. The first-order valence-electron chi connectivity index (χ1n) is 8.42. The summed E-state index contributed by atoms with van der Waals surface area (Å²) in [6, 6.07) is 11.4. The Labute approximate surface area is 153 Å². The highest BCUT2D eigenvalue weighted by molar-refractivity contribution is 6.32. The first-order chi connectivity index (χ1) is 11.6. The minimum Gasteiger partial charge on any atom is -0.504 e. The second-order valence-electron chi connectivity index (χ2n) is 8.43. The standard InChI is InChI=1S/C20H24ClN3O/c1-19(2,3)12-20(4,5)13-10-14(21)18(25)17(11-13)24-22-15-8-6-7-9-16(15)23-24/h6-11,25H,12H2,1-5H3. The molecule has 0 saturated heterocycles. The molecule has 132 valence electrons. The highest BCUT2D eigenvalue weighted by Gasteiger charge is 2.29. The fraction of sp³-hybridized carbons (Fsp3) is 0.400. The van der Waals surface area contributed by atoms with E-state index in [-0.39, 0.29) is 16.6 Å². The number of halogens is 1. The van der Waals surface area contributed by atoms with Gasteiger partial charge in [-0.15, -0.1) is 15.0 Å². The molecule has 25 heavy (non-hydrogen) atoms. The summed E-state index contributed by atoms with van der Waals surface area (Å²) in [4.78, 5) is 1.46. The SMILES string of the molecule is CC(C)(C)CC(C)(C)c1cc(Cl)c(O)c(-n2nc3ccccc3n2)c1. The predicted octanol–water partition coefficient (Wildman–Crippen LogP) is 5.49. The molecule has 0 aliphatic heterocycles. The summed E-state index contributed by atoms with van der Waals surface area (Å²) in [6.45, 7) is 11.0. The van der Waals surface area contributed by atoms with Crippen LogP contribution < -0.4 is 0 Å². The van der Waals surface area contributed by atoms with E-state index in [0.717, 1.165) is 23.0 Å². The van der Waals surface area contributed by atoms with Gasteiger partial charge in [0.1, 0.15) is 16.7 Å². The van der Waals surface area contributed by atoms with E-state index in [1.807, 2.05) is 36.4 Å². The molecule has 0 saturated carbocycles. The van der Waals surface area contributed by atoms with Crippen LogP contribution in [0.25, 0.3) is 16.7 Å². The largest absolute Gasteiger partial charge is 0.504 e. The molecular weight excluding hydrogens is 334 g/mol. The summed E-state index contributed by atoms with van der Waals surface area (Å²) < 4.78 is 0. The smallest absolute Gasteiger partial charge is 0.161 e. The molecular formula is C20H24ClN3O. The van der Waals surface area contributed by atoms with Crippen molar-refractivity contribution >= 4 is 22.6 Å². The summed E-state index contributed by atoms with van der Waals surface area (Å²) in [5, 5.41) is 19.7. The summed E-state index contributed by atoms with van der Waals surface area (Å²) >= 11 is 6.33. The summed E-state index contributed by atoms with van der Waals surface area (Å²) in [5.41, 5.74) is 3.18. The monoisotopic (exact) mass is 357 g/mol. The van der Waals surface area contributed by atoms with Crippen molar-refractivity contribution in [2.45, 2.75) is 46.5 Å². The van der Waals surface area contributed by atoms with E-state index in [4.69, 9.17) is 11.6 Å². The van der Waals surface area contributed by atoms with E-state index in [1.165, 1.54) is 4.80 Å². The van der Waals surface area contributed by atoms with Gasteiger partial charge in [0.05, 0.1) is 5.02 Å². The number of aromatic hydroxyl groups is 1. The summed E-state index contributed by atoms with van der Waals surface area (Å²) in [6.07, 6.45) is 0.981. The van der Waals surface area contributed by atoms with Crippen LogP contribution >= 0.6 is 11.6 Å². The maximum absolute atomic E-state index is 10.5. The first-order valence-corrected chi connectivity index (χ1v) is 8.80. The van der Waals surface area contributed by atoms with Crippen molar-refractivity contribution < 1.29 is 5.11 Å². The third kappa shape index (κ3) is 3.64. The van der Waals surface area contributed by atoms with Crippen LogP contribution in [0.15, 0.2) is 36.4 Å². The molecule has 0 aliphatic rings. The van der Waals surface area contributed by atoms with Crippen LogP contribution in [-0.2, 0) is 5.41 Å². The van der Waals surface area contributed by atoms with E-state index in [0.29, 0.717) is 10.7 Å². The summed E-state index contributed by atoms with van der Waals surface area (Å²) in [7, 11) is 0. The Kier molecular flexibility index (Phi) is 4.28. The highest BCUT2D eigenvalue weighted by Crippen LogP contribution is 2.41. The van der Waals surface area contributed by atoms with Crippen molar-refractivity contribution in [2.75, 3.05) is 0 Å². The molecule has 0 unspecified atom stereocenters. The number of fused-ring (bicyclic) bond motifs is 1. The molecule has 5 heteroatoms. The third-order valence-corrected chi connectivity index (χ3v) is 4.59. The van der Waals surface area contributed by atoms with Crippen LogP contribution in [0.1, 0.15) is 46.6 Å². The lowest BCUT2D eigenvalue weighted by Gasteiger charge is -2.33. The predicted molar refractivity (Wildman–Crippen MR) is 103 cm³/mol. The molecule has 0 radical (unpaired) electrons. The van der Waals surface area contributed by atoms with Crippen LogP contribution in [0.5, 0.6) is 5.75 Å². The Bertz CT molecular complexity index is 889. The number of hydrogen-bond donors (Lipinski definition) is 1. The minimum absolute atomic E-state index is 0.00252. The zero-order chi connectivity index (χ0) is 18.4. The second-order valence-corrected chi connectivity index (χ2v) is 8.83. The lowest BCUT2D eigenvalue weighted by atomic mass is 9.72. The van der Waals surface area contributed by atoms with Gasteiger partial charge in [0.25, 0.3) is 0 Å². The number of aromatic nitrogens is 3. The number of phenols is 1. The second kappa shape index (κ2) is 6.03. The van der Waals surface area contributed by atoms with Gasteiger partial charge in [-0.25, -0.2) is 0 Å². The molecule has 3 aromatic rings. The molecule has 1 heterocycles. The van der Waals surface area contributed by atoms with Crippen LogP contribution in [0.3, 0.4) is 0 Å². The lowest BCUT2D eigenvalue weighted by molar-refractivity contribution is 0.284. The molecule has 1 aromatic heterocycles. The fourth-order valence-corrected chi connectivity index (χ4v) is 3.74. The molecule has 0 fully saturated rings. The van der Waals surface area contributed by atoms with Crippen molar-refractivity contribution in [3.63, 3.8) is 0 Å². The molecule has 3 rings (SSSR count). The van der Waals surface area contributed by atoms with Crippen molar-refractivity contribution in [1.82, 2.24) is 15.0 Å². The van der Waals surface area contributed by atoms with E-state index < -0.39 is 0 Å². The fourth-order valence-electron chi connectivity index (χ4n) is 3.52.